The maximum absolute atomic E-state index is 12.8. The first-order valence-electron chi connectivity index (χ1n) is 4.94. The molecule has 0 atom stereocenters. The van der Waals surface area contributed by atoms with Gasteiger partial charge in [0.25, 0.3) is 0 Å². The molecular formula is C12H14FNOS. The molecule has 1 aromatic rings. The van der Waals surface area contributed by atoms with Crippen LogP contribution in [0.3, 0.4) is 0 Å². The van der Waals surface area contributed by atoms with Crippen LogP contribution in [0.25, 0.3) is 6.08 Å². The molecule has 4 heteroatoms. The fourth-order valence-electron chi connectivity index (χ4n) is 1.16. The number of thioether (sulfide) groups is 1. The molecule has 0 saturated heterocycles. The molecule has 0 aromatic heterocycles. The summed E-state index contributed by atoms with van der Waals surface area (Å²) in [6.07, 6.45) is 4.63. The lowest BCUT2D eigenvalue weighted by Gasteiger charge is -1.98. The number of hydrogen-bond donors (Lipinski definition) is 1. The van der Waals surface area contributed by atoms with Crippen LogP contribution in [0.5, 0.6) is 0 Å². The van der Waals surface area contributed by atoms with Gasteiger partial charge in [-0.15, -0.1) is 0 Å². The molecule has 86 valence electrons. The highest BCUT2D eigenvalue weighted by Crippen LogP contribution is 2.14. The molecule has 16 heavy (non-hydrogen) atoms. The van der Waals surface area contributed by atoms with Crippen molar-refractivity contribution in [2.75, 3.05) is 11.5 Å². The third kappa shape index (κ3) is 4.49. The maximum Gasteiger partial charge on any atom is 0.185 e. The molecule has 0 bridgehead atoms. The Bertz CT molecular complexity index is 404. The van der Waals surface area contributed by atoms with Crippen molar-refractivity contribution in [2.24, 2.45) is 0 Å². The highest BCUT2D eigenvalue weighted by atomic mass is 32.2. The van der Waals surface area contributed by atoms with Gasteiger partial charge in [-0.05, 0) is 24.1 Å². The summed E-state index contributed by atoms with van der Waals surface area (Å²) in [7, 11) is 0. The maximum atomic E-state index is 12.8. The Balaban J connectivity index is 2.44. The van der Waals surface area contributed by atoms with E-state index in [0.29, 0.717) is 0 Å². The van der Waals surface area contributed by atoms with Crippen molar-refractivity contribution in [3.05, 3.63) is 35.7 Å². The number of halogens is 1. The summed E-state index contributed by atoms with van der Waals surface area (Å²) < 4.78 is 12.8. The topological polar surface area (TPSA) is 43.1 Å². The quantitative estimate of drug-likeness (QED) is 0.648. The lowest BCUT2D eigenvalue weighted by molar-refractivity contribution is -0.109. The number of hydrogen-bond acceptors (Lipinski definition) is 3. The van der Waals surface area contributed by atoms with E-state index in [4.69, 9.17) is 5.73 Å². The summed E-state index contributed by atoms with van der Waals surface area (Å²) in [6.45, 7) is 1.55. The minimum Gasteiger partial charge on any atom is -0.396 e. The van der Waals surface area contributed by atoms with Crippen LogP contribution in [0, 0.1) is 5.82 Å². The molecule has 2 N–H and O–H groups in total. The number of carbonyl (C=O) groups is 1. The second kappa shape index (κ2) is 6.33. The fourth-order valence-corrected chi connectivity index (χ4v) is 1.70. The Labute approximate surface area is 98.7 Å². The van der Waals surface area contributed by atoms with Gasteiger partial charge < -0.3 is 5.73 Å². The normalized spacial score (nSPS) is 10.9. The summed E-state index contributed by atoms with van der Waals surface area (Å²) in [6, 6.07) is 4.60. The van der Waals surface area contributed by atoms with Crippen LogP contribution in [-0.4, -0.2) is 10.9 Å². The van der Waals surface area contributed by atoms with Gasteiger partial charge in [-0.25, -0.2) is 4.39 Å². The zero-order chi connectivity index (χ0) is 12.0. The van der Waals surface area contributed by atoms with Crippen LogP contribution in [0.1, 0.15) is 18.9 Å². The zero-order valence-corrected chi connectivity index (χ0v) is 9.89. The monoisotopic (exact) mass is 239 g/mol. The van der Waals surface area contributed by atoms with Gasteiger partial charge >= 0.3 is 0 Å². The van der Waals surface area contributed by atoms with E-state index in [9.17, 15) is 9.18 Å². The molecule has 2 nitrogen and oxygen atoms in total. The summed E-state index contributed by atoms with van der Waals surface area (Å²) >= 11 is 1.30. The van der Waals surface area contributed by atoms with Gasteiger partial charge in [0.1, 0.15) is 5.82 Å². The molecule has 0 radical (unpaired) electrons. The van der Waals surface area contributed by atoms with Crippen molar-refractivity contribution >= 4 is 28.6 Å². The number of benzene rings is 1. The second-order valence-electron chi connectivity index (χ2n) is 3.31. The number of rotatable bonds is 4. The zero-order valence-electron chi connectivity index (χ0n) is 9.07. The van der Waals surface area contributed by atoms with Crippen LogP contribution in [0.4, 0.5) is 10.1 Å². The van der Waals surface area contributed by atoms with Crippen molar-refractivity contribution in [1.29, 1.82) is 0 Å². The van der Waals surface area contributed by atoms with E-state index in [0.717, 1.165) is 17.7 Å². The first-order valence-corrected chi connectivity index (χ1v) is 5.93. The third-order valence-corrected chi connectivity index (χ3v) is 2.77. The number of nitrogens with two attached hydrogens (primary N) is 1. The van der Waals surface area contributed by atoms with Gasteiger partial charge in [-0.3, -0.25) is 4.79 Å². The Hall–Kier alpha value is -1.29. The molecule has 1 aromatic carbocycles. The Morgan fingerprint density at radius 1 is 1.56 bits per heavy atom. The van der Waals surface area contributed by atoms with Crippen LogP contribution >= 0.6 is 11.8 Å². The molecule has 0 aliphatic heterocycles. The van der Waals surface area contributed by atoms with Gasteiger partial charge in [0.2, 0.25) is 0 Å². The molecular weight excluding hydrogens is 225 g/mol. The van der Waals surface area contributed by atoms with Gasteiger partial charge in [-0.2, -0.15) is 0 Å². The Morgan fingerprint density at radius 3 is 2.94 bits per heavy atom. The molecule has 0 aliphatic rings. The van der Waals surface area contributed by atoms with Crippen molar-refractivity contribution in [3.8, 4) is 0 Å². The van der Waals surface area contributed by atoms with Crippen molar-refractivity contribution in [1.82, 2.24) is 0 Å². The van der Waals surface area contributed by atoms with Gasteiger partial charge in [0, 0.05) is 12.7 Å². The van der Waals surface area contributed by atoms with E-state index < -0.39 is 5.82 Å². The SMILES string of the molecule is CC(=O)SCCC=Cc1ccc(F)c(N)c1. The molecule has 0 fully saturated rings. The highest BCUT2D eigenvalue weighted by molar-refractivity contribution is 8.13. The second-order valence-corrected chi connectivity index (χ2v) is 4.58. The Kier molecular flexibility index (Phi) is 5.05. The largest absolute Gasteiger partial charge is 0.396 e. The minimum absolute atomic E-state index is 0.124. The lowest BCUT2D eigenvalue weighted by Crippen LogP contribution is -1.90. The van der Waals surface area contributed by atoms with Gasteiger partial charge in [0.05, 0.1) is 5.69 Å². The number of allylic oxidation sites excluding steroid dienone is 1. The first-order chi connectivity index (χ1) is 7.59. The third-order valence-electron chi connectivity index (χ3n) is 1.92. The van der Waals surface area contributed by atoms with Crippen LogP contribution in [-0.2, 0) is 4.79 Å². The van der Waals surface area contributed by atoms with Crippen LogP contribution < -0.4 is 5.73 Å². The molecule has 0 spiro atoms. The van der Waals surface area contributed by atoms with Crippen molar-refractivity contribution in [2.45, 2.75) is 13.3 Å². The fraction of sp³-hybridized carbons (Fsp3) is 0.250. The predicted molar refractivity (Wildman–Crippen MR) is 67.6 cm³/mol. The van der Waals surface area contributed by atoms with Crippen LogP contribution in [0.15, 0.2) is 24.3 Å². The van der Waals surface area contributed by atoms with E-state index in [2.05, 4.69) is 0 Å². The molecule has 0 unspecified atom stereocenters. The molecule has 0 amide bonds. The highest BCUT2D eigenvalue weighted by Gasteiger charge is 1.96. The van der Waals surface area contributed by atoms with E-state index in [1.807, 2.05) is 12.2 Å². The number of nitrogen functional groups attached to an aromatic ring is 1. The minimum atomic E-state index is -0.399. The van der Waals surface area contributed by atoms with Crippen molar-refractivity contribution in [3.63, 3.8) is 0 Å². The Morgan fingerprint density at radius 2 is 2.31 bits per heavy atom. The van der Waals surface area contributed by atoms with Gasteiger partial charge in [-0.1, -0.05) is 30.0 Å². The summed E-state index contributed by atoms with van der Waals surface area (Å²) in [4.78, 5) is 10.6. The van der Waals surface area contributed by atoms with Crippen LogP contribution in [0.2, 0.25) is 0 Å². The molecule has 0 heterocycles. The summed E-state index contributed by atoms with van der Waals surface area (Å²) in [5.74, 6) is 0.368. The van der Waals surface area contributed by atoms with E-state index >= 15 is 0 Å². The lowest BCUT2D eigenvalue weighted by atomic mass is 10.2. The number of carbonyl (C=O) groups excluding carboxylic acids is 1. The van der Waals surface area contributed by atoms with E-state index in [1.165, 1.54) is 17.8 Å². The molecule has 1 rings (SSSR count). The smallest absolute Gasteiger partial charge is 0.185 e. The number of anilines is 1. The van der Waals surface area contributed by atoms with E-state index in [1.54, 1.807) is 19.1 Å². The predicted octanol–water partition coefficient (Wildman–Crippen LogP) is 3.09. The average Bonchev–Trinajstić information content (AvgIpc) is 2.22. The summed E-state index contributed by atoms with van der Waals surface area (Å²) in [5, 5.41) is 0.124. The summed E-state index contributed by atoms with van der Waals surface area (Å²) in [5.41, 5.74) is 6.45. The van der Waals surface area contributed by atoms with Gasteiger partial charge in [0.15, 0.2) is 5.12 Å². The molecule has 0 aliphatic carbocycles. The first kappa shape index (κ1) is 12.8. The average molecular weight is 239 g/mol. The molecule has 0 saturated carbocycles. The van der Waals surface area contributed by atoms with E-state index in [-0.39, 0.29) is 10.8 Å². The standard InChI is InChI=1S/C12H14FNOS/c1-9(15)16-7-3-2-4-10-5-6-11(13)12(14)8-10/h2,4-6,8H,3,7,14H2,1H3. The van der Waals surface area contributed by atoms with Crippen molar-refractivity contribution < 1.29 is 9.18 Å².